The van der Waals surface area contributed by atoms with Gasteiger partial charge in [-0.05, 0) is 35.9 Å². The van der Waals surface area contributed by atoms with Crippen molar-refractivity contribution in [1.82, 2.24) is 0 Å². The minimum Gasteiger partial charge on any atom is -0.486 e. The smallest absolute Gasteiger partial charge is 0.234 e. The van der Waals surface area contributed by atoms with Crippen LogP contribution in [0.5, 0.6) is 11.5 Å². The van der Waals surface area contributed by atoms with Gasteiger partial charge in [0.2, 0.25) is 5.91 Å². The third-order valence-corrected chi connectivity index (χ3v) is 5.03. The predicted octanol–water partition coefficient (Wildman–Crippen LogP) is 4.23. The topological polar surface area (TPSA) is 47.6 Å². The van der Waals surface area contributed by atoms with Gasteiger partial charge in [-0.25, -0.2) is 4.39 Å². The highest BCUT2D eigenvalue weighted by atomic mass is 79.9. The Hall–Kier alpha value is -1.73. The van der Waals surface area contributed by atoms with Gasteiger partial charge in [0, 0.05) is 15.9 Å². The number of hydrogen-bond acceptors (Lipinski definition) is 4. The second-order valence-corrected chi connectivity index (χ2v) is 6.98. The fraction of sp³-hybridized carbons (Fsp3) is 0.235. The van der Waals surface area contributed by atoms with Gasteiger partial charge in [0.1, 0.15) is 19.0 Å². The average Bonchev–Trinajstić information content (AvgIpc) is 2.55. The number of fused-ring (bicyclic) bond motifs is 1. The first kappa shape index (κ1) is 17.1. The van der Waals surface area contributed by atoms with Crippen molar-refractivity contribution in [2.24, 2.45) is 0 Å². The van der Waals surface area contributed by atoms with Crippen LogP contribution < -0.4 is 14.8 Å². The molecule has 3 rings (SSSR count). The first-order chi connectivity index (χ1) is 11.6. The van der Waals surface area contributed by atoms with Crippen LogP contribution in [-0.4, -0.2) is 24.9 Å². The Balaban J connectivity index is 1.53. The summed E-state index contributed by atoms with van der Waals surface area (Å²) in [4.78, 5) is 11.9. The summed E-state index contributed by atoms with van der Waals surface area (Å²) < 4.78 is 25.1. The van der Waals surface area contributed by atoms with Gasteiger partial charge in [-0.15, -0.1) is 11.8 Å². The van der Waals surface area contributed by atoms with E-state index in [-0.39, 0.29) is 17.5 Å². The lowest BCUT2D eigenvalue weighted by atomic mass is 10.2. The quantitative estimate of drug-likeness (QED) is 0.799. The molecule has 2 aromatic rings. The molecule has 0 saturated carbocycles. The van der Waals surface area contributed by atoms with Crippen LogP contribution in [0.25, 0.3) is 0 Å². The van der Waals surface area contributed by atoms with Crippen molar-refractivity contribution in [3.8, 4) is 11.5 Å². The third-order valence-electron chi connectivity index (χ3n) is 3.31. The molecule has 2 aromatic carbocycles. The van der Waals surface area contributed by atoms with Crippen molar-refractivity contribution in [1.29, 1.82) is 0 Å². The van der Waals surface area contributed by atoms with E-state index in [4.69, 9.17) is 9.47 Å². The van der Waals surface area contributed by atoms with Crippen molar-refractivity contribution in [3.63, 3.8) is 0 Å². The Kier molecular flexibility index (Phi) is 5.63. The van der Waals surface area contributed by atoms with Crippen LogP contribution in [0, 0.1) is 5.82 Å². The highest BCUT2D eigenvalue weighted by Gasteiger charge is 2.15. The lowest BCUT2D eigenvalue weighted by Crippen LogP contribution is -2.16. The van der Waals surface area contributed by atoms with Gasteiger partial charge in [-0.3, -0.25) is 4.79 Å². The zero-order valence-corrected chi connectivity index (χ0v) is 15.1. The molecule has 0 radical (unpaired) electrons. The van der Waals surface area contributed by atoms with Crippen LogP contribution in [0.3, 0.4) is 0 Å². The summed E-state index contributed by atoms with van der Waals surface area (Å²) in [5, 5.41) is 2.68. The number of halogens is 2. The molecule has 0 spiro atoms. The molecule has 0 aliphatic carbocycles. The average molecular weight is 412 g/mol. The van der Waals surface area contributed by atoms with E-state index in [1.165, 1.54) is 23.9 Å². The molecule has 24 heavy (non-hydrogen) atoms. The second kappa shape index (κ2) is 7.90. The molecular formula is C17H15BrFNO3S. The summed E-state index contributed by atoms with van der Waals surface area (Å²) in [5.74, 6) is 1.83. The number of benzene rings is 2. The van der Waals surface area contributed by atoms with Gasteiger partial charge in [-0.2, -0.15) is 0 Å². The van der Waals surface area contributed by atoms with E-state index in [9.17, 15) is 9.18 Å². The number of anilines is 1. The predicted molar refractivity (Wildman–Crippen MR) is 96.3 cm³/mol. The fourth-order valence-corrected chi connectivity index (χ4v) is 3.70. The molecule has 0 saturated heterocycles. The third kappa shape index (κ3) is 4.42. The normalized spacial score (nSPS) is 12.8. The maximum atomic E-state index is 13.1. The van der Waals surface area contributed by atoms with Gasteiger partial charge in [0.25, 0.3) is 0 Å². The number of carbonyl (C=O) groups excluding carboxylic acids is 1. The molecule has 0 aromatic heterocycles. The summed E-state index contributed by atoms with van der Waals surface area (Å²) >= 11 is 4.98. The van der Waals surface area contributed by atoms with E-state index in [0.717, 1.165) is 21.5 Å². The monoisotopic (exact) mass is 411 g/mol. The Bertz CT molecular complexity index is 757. The van der Waals surface area contributed by atoms with Gasteiger partial charge in [-0.1, -0.05) is 22.0 Å². The number of amides is 1. The summed E-state index contributed by atoms with van der Waals surface area (Å²) in [7, 11) is 0. The Morgan fingerprint density at radius 3 is 2.71 bits per heavy atom. The largest absolute Gasteiger partial charge is 0.486 e. The molecular weight excluding hydrogens is 397 g/mol. The number of hydrogen-bond donors (Lipinski definition) is 1. The van der Waals surface area contributed by atoms with Gasteiger partial charge in [0.05, 0.1) is 5.75 Å². The van der Waals surface area contributed by atoms with Gasteiger partial charge < -0.3 is 14.8 Å². The molecule has 1 amide bonds. The summed E-state index contributed by atoms with van der Waals surface area (Å²) in [6.45, 7) is 1.09. The molecule has 4 nitrogen and oxygen atoms in total. The van der Waals surface area contributed by atoms with Crippen molar-refractivity contribution < 1.29 is 18.7 Å². The van der Waals surface area contributed by atoms with E-state index >= 15 is 0 Å². The highest BCUT2D eigenvalue weighted by Crippen LogP contribution is 2.36. The van der Waals surface area contributed by atoms with Crippen LogP contribution in [0.1, 0.15) is 5.56 Å². The highest BCUT2D eigenvalue weighted by molar-refractivity contribution is 9.10. The summed E-state index contributed by atoms with van der Waals surface area (Å²) in [5.41, 5.74) is 1.49. The minimum absolute atomic E-state index is 0.167. The first-order valence-corrected chi connectivity index (χ1v) is 9.28. The molecule has 0 fully saturated rings. The number of thioether (sulfide) groups is 1. The number of rotatable bonds is 5. The molecule has 7 heteroatoms. The molecule has 0 unspecified atom stereocenters. The first-order valence-electron chi connectivity index (χ1n) is 7.33. The number of nitrogens with one attached hydrogen (secondary N) is 1. The van der Waals surface area contributed by atoms with Crippen LogP contribution in [0.2, 0.25) is 0 Å². The maximum Gasteiger partial charge on any atom is 0.234 e. The zero-order chi connectivity index (χ0) is 16.9. The van der Waals surface area contributed by atoms with Gasteiger partial charge in [0.15, 0.2) is 11.5 Å². The molecule has 1 heterocycles. The van der Waals surface area contributed by atoms with Crippen LogP contribution >= 0.6 is 27.7 Å². The lowest BCUT2D eigenvalue weighted by Gasteiger charge is -2.19. The maximum absolute atomic E-state index is 13.1. The molecule has 1 N–H and O–H groups in total. The van der Waals surface area contributed by atoms with Crippen LogP contribution in [0.4, 0.5) is 10.1 Å². The van der Waals surface area contributed by atoms with Crippen LogP contribution in [-0.2, 0) is 10.5 Å². The van der Waals surface area contributed by atoms with E-state index in [2.05, 4.69) is 21.2 Å². The number of carbonyl (C=O) groups is 1. The molecule has 126 valence electrons. The van der Waals surface area contributed by atoms with E-state index in [1.54, 1.807) is 12.1 Å². The zero-order valence-electron chi connectivity index (χ0n) is 12.7. The standard InChI is InChI=1S/C17H15BrFNO3S/c18-14-8-16-15(22-4-5-23-16)6-11(14)9-24-10-17(21)20-13-3-1-2-12(19)7-13/h1-3,6-8H,4-5,9-10H2,(H,20,21). The molecule has 1 aliphatic heterocycles. The SMILES string of the molecule is O=C(CSCc1cc2c(cc1Br)OCCO2)Nc1cccc(F)c1. The molecule has 0 bridgehead atoms. The van der Waals surface area contributed by atoms with E-state index in [1.807, 2.05) is 12.1 Å². The minimum atomic E-state index is -0.374. The van der Waals surface area contributed by atoms with E-state index in [0.29, 0.717) is 24.7 Å². The Morgan fingerprint density at radius 1 is 1.21 bits per heavy atom. The molecule has 1 aliphatic rings. The molecule has 0 atom stereocenters. The lowest BCUT2D eigenvalue weighted by molar-refractivity contribution is -0.113. The van der Waals surface area contributed by atoms with Crippen molar-refractivity contribution >= 4 is 39.3 Å². The van der Waals surface area contributed by atoms with Crippen LogP contribution in [0.15, 0.2) is 40.9 Å². The van der Waals surface area contributed by atoms with Crippen molar-refractivity contribution in [3.05, 3.63) is 52.3 Å². The summed E-state index contributed by atoms with van der Waals surface area (Å²) in [6, 6.07) is 9.66. The van der Waals surface area contributed by atoms with Crippen molar-refractivity contribution in [2.45, 2.75) is 5.75 Å². The van der Waals surface area contributed by atoms with Gasteiger partial charge >= 0.3 is 0 Å². The van der Waals surface area contributed by atoms with Crippen molar-refractivity contribution in [2.75, 3.05) is 24.3 Å². The Labute approximate surface area is 151 Å². The number of ether oxygens (including phenoxy) is 2. The summed E-state index contributed by atoms with van der Waals surface area (Å²) in [6.07, 6.45) is 0. The Morgan fingerprint density at radius 2 is 1.96 bits per heavy atom. The fourth-order valence-electron chi connectivity index (χ4n) is 2.23. The van der Waals surface area contributed by atoms with E-state index < -0.39 is 0 Å². The second-order valence-electron chi connectivity index (χ2n) is 5.14.